The van der Waals surface area contributed by atoms with Gasteiger partial charge in [0.15, 0.2) is 0 Å². The van der Waals surface area contributed by atoms with Crippen molar-refractivity contribution in [3.8, 4) is 0 Å². The number of hydrogen-bond donors (Lipinski definition) is 2. The SMILES string of the molecule is CCCC(CC)NC(=O)CCC(C)N. The zero-order chi connectivity index (χ0) is 11.0. The van der Waals surface area contributed by atoms with Crippen molar-refractivity contribution in [3.63, 3.8) is 0 Å². The van der Waals surface area contributed by atoms with Crippen LogP contribution in [0.4, 0.5) is 0 Å². The topological polar surface area (TPSA) is 55.1 Å². The molecule has 0 aromatic heterocycles. The maximum atomic E-state index is 11.4. The van der Waals surface area contributed by atoms with Crippen LogP contribution in [0.2, 0.25) is 0 Å². The summed E-state index contributed by atoms with van der Waals surface area (Å²) in [5, 5.41) is 3.03. The summed E-state index contributed by atoms with van der Waals surface area (Å²) < 4.78 is 0. The lowest BCUT2D eigenvalue weighted by atomic mass is 10.1. The van der Waals surface area contributed by atoms with Crippen LogP contribution in [0.3, 0.4) is 0 Å². The van der Waals surface area contributed by atoms with E-state index in [2.05, 4.69) is 19.2 Å². The predicted octanol–water partition coefficient (Wildman–Crippen LogP) is 1.81. The molecule has 0 aromatic rings. The van der Waals surface area contributed by atoms with Crippen molar-refractivity contribution in [2.75, 3.05) is 0 Å². The molecule has 0 saturated heterocycles. The van der Waals surface area contributed by atoms with E-state index in [1.807, 2.05) is 6.92 Å². The van der Waals surface area contributed by atoms with Crippen LogP contribution in [0.5, 0.6) is 0 Å². The van der Waals surface area contributed by atoms with Crippen LogP contribution in [-0.2, 0) is 4.79 Å². The van der Waals surface area contributed by atoms with Gasteiger partial charge in [-0.1, -0.05) is 20.3 Å². The van der Waals surface area contributed by atoms with Crippen LogP contribution >= 0.6 is 0 Å². The monoisotopic (exact) mass is 200 g/mol. The van der Waals surface area contributed by atoms with Gasteiger partial charge in [0, 0.05) is 18.5 Å². The Morgan fingerprint density at radius 3 is 2.43 bits per heavy atom. The minimum absolute atomic E-state index is 0.118. The Labute approximate surface area is 87.4 Å². The zero-order valence-corrected chi connectivity index (χ0v) is 9.68. The summed E-state index contributed by atoms with van der Waals surface area (Å²) in [6.07, 6.45) is 4.52. The number of carbonyl (C=O) groups is 1. The van der Waals surface area contributed by atoms with Crippen molar-refractivity contribution >= 4 is 5.91 Å². The molecule has 0 bridgehead atoms. The van der Waals surface area contributed by atoms with Crippen molar-refractivity contribution in [1.29, 1.82) is 0 Å². The van der Waals surface area contributed by atoms with Gasteiger partial charge in [0.1, 0.15) is 0 Å². The molecule has 2 unspecified atom stereocenters. The predicted molar refractivity (Wildman–Crippen MR) is 60.0 cm³/mol. The highest BCUT2D eigenvalue weighted by Gasteiger charge is 2.09. The number of nitrogens with one attached hydrogen (secondary N) is 1. The normalized spacial score (nSPS) is 14.9. The molecule has 3 nitrogen and oxygen atoms in total. The molecule has 0 aliphatic rings. The molecular formula is C11H24N2O. The summed E-state index contributed by atoms with van der Waals surface area (Å²) in [5.41, 5.74) is 5.58. The molecule has 0 aliphatic heterocycles. The number of amides is 1. The molecule has 0 saturated carbocycles. The number of rotatable bonds is 7. The van der Waals surface area contributed by atoms with Gasteiger partial charge in [-0.15, -0.1) is 0 Å². The average molecular weight is 200 g/mol. The summed E-state index contributed by atoms with van der Waals surface area (Å²) in [6, 6.07) is 0.465. The van der Waals surface area contributed by atoms with Gasteiger partial charge >= 0.3 is 0 Å². The Bertz CT molecular complexity index is 157. The Balaban J connectivity index is 3.67. The molecule has 3 heteroatoms. The third-order valence-electron chi connectivity index (χ3n) is 2.32. The zero-order valence-electron chi connectivity index (χ0n) is 9.68. The van der Waals surface area contributed by atoms with Gasteiger partial charge < -0.3 is 11.1 Å². The van der Waals surface area contributed by atoms with E-state index in [-0.39, 0.29) is 11.9 Å². The standard InChI is InChI=1S/C11H24N2O/c1-4-6-10(5-2)13-11(14)8-7-9(3)12/h9-10H,4-8,12H2,1-3H3,(H,13,14). The van der Waals surface area contributed by atoms with Gasteiger partial charge in [-0.05, 0) is 26.2 Å². The fourth-order valence-electron chi connectivity index (χ4n) is 1.39. The Morgan fingerprint density at radius 1 is 1.36 bits per heavy atom. The minimum atomic E-state index is 0.118. The lowest BCUT2D eigenvalue weighted by Gasteiger charge is -2.16. The molecule has 0 rings (SSSR count). The Hall–Kier alpha value is -0.570. The number of carbonyl (C=O) groups excluding carboxylic acids is 1. The van der Waals surface area contributed by atoms with Crippen LogP contribution in [0.25, 0.3) is 0 Å². The molecule has 3 N–H and O–H groups in total. The van der Waals surface area contributed by atoms with Crippen molar-refractivity contribution < 1.29 is 4.79 Å². The number of hydrogen-bond acceptors (Lipinski definition) is 2. The van der Waals surface area contributed by atoms with Gasteiger partial charge in [0.25, 0.3) is 0 Å². The first-order valence-corrected chi connectivity index (χ1v) is 5.65. The molecule has 84 valence electrons. The third-order valence-corrected chi connectivity index (χ3v) is 2.32. The fraction of sp³-hybridized carbons (Fsp3) is 0.909. The summed E-state index contributed by atoms with van der Waals surface area (Å²) >= 11 is 0. The molecule has 0 spiro atoms. The second-order valence-electron chi connectivity index (χ2n) is 3.98. The summed E-state index contributed by atoms with van der Waals surface area (Å²) in [7, 11) is 0. The average Bonchev–Trinajstić information content (AvgIpc) is 2.14. The Morgan fingerprint density at radius 2 is 2.00 bits per heavy atom. The van der Waals surface area contributed by atoms with Gasteiger partial charge in [0.2, 0.25) is 5.91 Å². The first-order valence-electron chi connectivity index (χ1n) is 5.65. The van der Waals surface area contributed by atoms with Crippen molar-refractivity contribution in [3.05, 3.63) is 0 Å². The first kappa shape index (κ1) is 13.4. The Kier molecular flexibility index (Phi) is 7.48. The van der Waals surface area contributed by atoms with Crippen molar-refractivity contribution in [2.45, 2.75) is 65.0 Å². The quantitative estimate of drug-likeness (QED) is 0.658. The molecule has 0 fully saturated rings. The summed E-state index contributed by atoms with van der Waals surface area (Å²) in [4.78, 5) is 11.4. The maximum Gasteiger partial charge on any atom is 0.220 e. The third kappa shape index (κ3) is 6.89. The van der Waals surface area contributed by atoms with E-state index in [1.54, 1.807) is 0 Å². The smallest absolute Gasteiger partial charge is 0.220 e. The highest BCUT2D eigenvalue weighted by molar-refractivity contribution is 5.76. The maximum absolute atomic E-state index is 11.4. The second kappa shape index (κ2) is 7.80. The van der Waals surface area contributed by atoms with Crippen LogP contribution in [0, 0.1) is 0 Å². The fourth-order valence-corrected chi connectivity index (χ4v) is 1.39. The lowest BCUT2D eigenvalue weighted by molar-refractivity contribution is -0.122. The van der Waals surface area contributed by atoms with E-state index in [0.717, 1.165) is 25.7 Å². The molecule has 1 amide bonds. The molecule has 0 heterocycles. The molecule has 0 aliphatic carbocycles. The molecule has 14 heavy (non-hydrogen) atoms. The van der Waals surface area contributed by atoms with E-state index >= 15 is 0 Å². The molecule has 0 radical (unpaired) electrons. The molecule has 0 aromatic carbocycles. The molecular weight excluding hydrogens is 176 g/mol. The van der Waals surface area contributed by atoms with Crippen molar-refractivity contribution in [1.82, 2.24) is 5.32 Å². The van der Waals surface area contributed by atoms with Crippen LogP contribution in [0.15, 0.2) is 0 Å². The summed E-state index contributed by atoms with van der Waals surface area (Å²) in [6.45, 7) is 6.17. The minimum Gasteiger partial charge on any atom is -0.353 e. The molecule has 2 atom stereocenters. The second-order valence-corrected chi connectivity index (χ2v) is 3.98. The van der Waals surface area contributed by atoms with Crippen LogP contribution in [-0.4, -0.2) is 18.0 Å². The van der Waals surface area contributed by atoms with E-state index in [9.17, 15) is 4.79 Å². The van der Waals surface area contributed by atoms with E-state index in [4.69, 9.17) is 5.73 Å². The largest absolute Gasteiger partial charge is 0.353 e. The van der Waals surface area contributed by atoms with E-state index in [1.165, 1.54) is 0 Å². The lowest BCUT2D eigenvalue weighted by Crippen LogP contribution is -2.34. The van der Waals surface area contributed by atoms with Gasteiger partial charge in [-0.3, -0.25) is 4.79 Å². The van der Waals surface area contributed by atoms with Crippen LogP contribution < -0.4 is 11.1 Å². The van der Waals surface area contributed by atoms with Gasteiger partial charge in [-0.2, -0.15) is 0 Å². The van der Waals surface area contributed by atoms with Gasteiger partial charge in [-0.25, -0.2) is 0 Å². The van der Waals surface area contributed by atoms with Crippen LogP contribution in [0.1, 0.15) is 52.9 Å². The van der Waals surface area contributed by atoms with E-state index in [0.29, 0.717) is 12.5 Å². The van der Waals surface area contributed by atoms with Gasteiger partial charge in [0.05, 0.1) is 0 Å². The number of nitrogens with two attached hydrogens (primary N) is 1. The van der Waals surface area contributed by atoms with Crippen molar-refractivity contribution in [2.24, 2.45) is 5.73 Å². The summed E-state index contributed by atoms with van der Waals surface area (Å²) in [5.74, 6) is 0.141. The van der Waals surface area contributed by atoms with E-state index < -0.39 is 0 Å². The first-order chi connectivity index (χ1) is 6.60. The highest BCUT2D eigenvalue weighted by Crippen LogP contribution is 2.02. The highest BCUT2D eigenvalue weighted by atomic mass is 16.1.